The molecule has 0 aromatic heterocycles. The Morgan fingerprint density at radius 2 is 2.43 bits per heavy atom. The summed E-state index contributed by atoms with van der Waals surface area (Å²) in [6, 6.07) is 0. The van der Waals surface area contributed by atoms with E-state index in [1.54, 1.807) is 0 Å². The van der Waals surface area contributed by atoms with Gasteiger partial charge in [-0.1, -0.05) is 0 Å². The zero-order valence-electron chi connectivity index (χ0n) is 4.01. The Bertz CT molecular complexity index is 92.9. The molecule has 40 valence electrons. The highest BCUT2D eigenvalue weighted by Crippen LogP contribution is 2.00. The van der Waals surface area contributed by atoms with Crippen molar-refractivity contribution in [2.45, 2.75) is 12.7 Å². The van der Waals surface area contributed by atoms with Crippen LogP contribution in [0.2, 0.25) is 0 Å². The lowest BCUT2D eigenvalue weighted by Gasteiger charge is -1.91. The molecular formula is C3H7N2OP. The third-order valence-electron chi connectivity index (χ3n) is 0.556. The van der Waals surface area contributed by atoms with E-state index in [0.717, 1.165) is 0 Å². The van der Waals surface area contributed by atoms with Gasteiger partial charge in [-0.05, 0) is 6.92 Å². The summed E-state index contributed by atoms with van der Waals surface area (Å²) in [7, 11) is 2.15. The van der Waals surface area contributed by atoms with Crippen LogP contribution < -0.4 is 0 Å². The Balaban J connectivity index is 3.55. The normalized spacial score (nSPS) is 12.9. The summed E-state index contributed by atoms with van der Waals surface area (Å²) in [5.74, 6) is -0.625. The van der Waals surface area contributed by atoms with Crippen LogP contribution in [-0.2, 0) is 4.79 Å². The zero-order valence-corrected chi connectivity index (χ0v) is 5.16. The van der Waals surface area contributed by atoms with Gasteiger partial charge in [-0.15, -0.1) is 9.24 Å². The van der Waals surface area contributed by atoms with Crippen molar-refractivity contribution in [1.82, 2.24) is 0 Å². The number of carbonyl (C=O) groups excluding carboxylic acids is 1. The molecule has 0 saturated carbocycles. The second kappa shape index (κ2) is 2.80. The maximum absolute atomic E-state index is 10.1. The van der Waals surface area contributed by atoms with Gasteiger partial charge in [0.2, 0.25) is 0 Å². The molecule has 0 spiro atoms. The maximum Gasteiger partial charge on any atom is 0.159 e. The van der Waals surface area contributed by atoms with E-state index in [2.05, 4.69) is 14.4 Å². The highest BCUT2D eigenvalue weighted by Gasteiger charge is 2.01. The highest BCUT2D eigenvalue weighted by atomic mass is 31.0. The summed E-state index contributed by atoms with van der Waals surface area (Å²) in [6.07, 6.45) is 0. The van der Waals surface area contributed by atoms with Gasteiger partial charge in [0.05, 0.1) is 0 Å². The van der Waals surface area contributed by atoms with Crippen molar-refractivity contribution in [3.63, 3.8) is 0 Å². The van der Waals surface area contributed by atoms with Gasteiger partial charge in [-0.25, -0.2) is 5.53 Å². The van der Waals surface area contributed by atoms with E-state index in [1.165, 1.54) is 6.92 Å². The number of nitrogens with one attached hydrogen (secondary N) is 1. The minimum atomic E-state index is -0.528. The lowest BCUT2D eigenvalue weighted by Crippen LogP contribution is -2.03. The topological polar surface area (TPSA) is 53.3 Å². The summed E-state index contributed by atoms with van der Waals surface area (Å²) in [6.45, 7) is 1.40. The number of hydrogen-bond donors (Lipinski definition) is 1. The smallest absolute Gasteiger partial charge is 0.159 e. The molecule has 0 aliphatic carbocycles. The molecule has 0 heterocycles. The largest absolute Gasteiger partial charge is 0.297 e. The molecular weight excluding hydrogens is 111 g/mol. The maximum atomic E-state index is 10.1. The van der Waals surface area contributed by atoms with Gasteiger partial charge in [0.15, 0.2) is 5.78 Å². The number of carbonyl (C=O) groups is 1. The number of nitrogens with zero attached hydrogens (tertiary/aromatic N) is 1. The molecule has 4 heteroatoms. The molecule has 0 saturated heterocycles. The van der Waals surface area contributed by atoms with Crippen LogP contribution in [0.5, 0.6) is 0 Å². The van der Waals surface area contributed by atoms with Crippen molar-refractivity contribution in [1.29, 1.82) is 5.53 Å². The average Bonchev–Trinajstić information content (AvgIpc) is 1.65. The Morgan fingerprint density at radius 3 is 2.43 bits per heavy atom. The summed E-state index contributed by atoms with van der Waals surface area (Å²) in [5.41, 5.74) is 6.32. The molecule has 0 bridgehead atoms. The molecule has 0 amide bonds. The first-order valence-electron chi connectivity index (χ1n) is 1.81. The van der Waals surface area contributed by atoms with E-state index in [1.807, 2.05) is 0 Å². The Kier molecular flexibility index (Phi) is 2.68. The average molecular weight is 118 g/mol. The number of rotatable bonds is 2. The summed E-state index contributed by atoms with van der Waals surface area (Å²) >= 11 is 0. The second-order valence-corrected chi connectivity index (χ2v) is 1.82. The van der Waals surface area contributed by atoms with Crippen LogP contribution in [-0.4, -0.2) is 11.6 Å². The third kappa shape index (κ3) is 2.40. The van der Waals surface area contributed by atoms with E-state index in [0.29, 0.717) is 0 Å². The van der Waals surface area contributed by atoms with Gasteiger partial charge in [0, 0.05) is 0 Å². The standard InChI is InChI=1S/C3H7N2OP/c1-2(6)3(7)5-4/h3-4H,7H2,1H3. The van der Waals surface area contributed by atoms with E-state index in [4.69, 9.17) is 5.53 Å². The van der Waals surface area contributed by atoms with Crippen LogP contribution in [0.4, 0.5) is 0 Å². The number of ketones is 1. The molecule has 0 fully saturated rings. The summed E-state index contributed by atoms with van der Waals surface area (Å²) in [5, 5.41) is 2.95. The molecule has 1 N–H and O–H groups in total. The molecule has 2 unspecified atom stereocenters. The van der Waals surface area contributed by atoms with Crippen molar-refractivity contribution in [3.8, 4) is 0 Å². The molecule has 2 atom stereocenters. The summed E-state index contributed by atoms with van der Waals surface area (Å²) in [4.78, 5) is 10.1. The third-order valence-corrected chi connectivity index (χ3v) is 1.17. The fraction of sp³-hybridized carbons (Fsp3) is 0.667. The minimum Gasteiger partial charge on any atom is -0.297 e. The molecule has 0 aromatic rings. The molecule has 0 aliphatic heterocycles. The van der Waals surface area contributed by atoms with Crippen LogP contribution in [0.3, 0.4) is 0 Å². The SMILES string of the molecule is CC(=O)C(P)N=N. The fourth-order valence-electron chi connectivity index (χ4n) is 0.0909. The van der Waals surface area contributed by atoms with E-state index in [-0.39, 0.29) is 5.78 Å². The molecule has 0 rings (SSSR count). The van der Waals surface area contributed by atoms with Gasteiger partial charge < -0.3 is 0 Å². The van der Waals surface area contributed by atoms with Crippen molar-refractivity contribution in [2.75, 3.05) is 0 Å². The van der Waals surface area contributed by atoms with Gasteiger partial charge in [-0.3, -0.25) is 4.79 Å². The van der Waals surface area contributed by atoms with Crippen molar-refractivity contribution < 1.29 is 4.79 Å². The van der Waals surface area contributed by atoms with Crippen LogP contribution in [0.25, 0.3) is 0 Å². The van der Waals surface area contributed by atoms with Crippen molar-refractivity contribution in [3.05, 3.63) is 0 Å². The molecule has 0 aliphatic rings. The zero-order chi connectivity index (χ0) is 5.86. The lowest BCUT2D eigenvalue weighted by molar-refractivity contribution is -0.116. The monoisotopic (exact) mass is 118 g/mol. The predicted octanol–water partition coefficient (Wildman–Crippen LogP) is 0.808. The Labute approximate surface area is 44.2 Å². The summed E-state index contributed by atoms with van der Waals surface area (Å²) < 4.78 is 0. The van der Waals surface area contributed by atoms with E-state index in [9.17, 15) is 4.79 Å². The van der Waals surface area contributed by atoms with Crippen molar-refractivity contribution >= 4 is 15.0 Å². The molecule has 3 nitrogen and oxygen atoms in total. The minimum absolute atomic E-state index is 0.0972. The van der Waals surface area contributed by atoms with E-state index >= 15 is 0 Å². The van der Waals surface area contributed by atoms with Gasteiger partial charge in [0.25, 0.3) is 0 Å². The predicted molar refractivity (Wildman–Crippen MR) is 29.3 cm³/mol. The Morgan fingerprint density at radius 1 is 2.00 bits per heavy atom. The van der Waals surface area contributed by atoms with Crippen molar-refractivity contribution in [2.24, 2.45) is 5.11 Å². The van der Waals surface area contributed by atoms with E-state index < -0.39 is 5.78 Å². The van der Waals surface area contributed by atoms with Crippen LogP contribution >= 0.6 is 9.24 Å². The fourth-order valence-corrected chi connectivity index (χ4v) is 0.0909. The quantitative estimate of drug-likeness (QED) is 0.423. The Hall–Kier alpha value is -0.300. The lowest BCUT2D eigenvalue weighted by atomic mass is 10.5. The van der Waals surface area contributed by atoms with Gasteiger partial charge in [-0.2, -0.15) is 5.11 Å². The van der Waals surface area contributed by atoms with Crippen LogP contribution in [0, 0.1) is 5.53 Å². The molecule has 0 aromatic carbocycles. The highest BCUT2D eigenvalue weighted by molar-refractivity contribution is 7.19. The molecule has 7 heavy (non-hydrogen) atoms. The number of Topliss-reactive ketones (excluding diaryl/α,β-unsaturated/α-hetero) is 1. The molecule has 0 radical (unpaired) electrons. The van der Waals surface area contributed by atoms with Crippen LogP contribution in [0.15, 0.2) is 5.11 Å². The van der Waals surface area contributed by atoms with Gasteiger partial charge in [0.1, 0.15) is 5.78 Å². The first-order valence-corrected chi connectivity index (χ1v) is 2.47. The first-order chi connectivity index (χ1) is 3.18. The van der Waals surface area contributed by atoms with Crippen LogP contribution in [0.1, 0.15) is 6.92 Å². The second-order valence-electron chi connectivity index (χ2n) is 1.18. The number of hydrogen-bond acceptors (Lipinski definition) is 3. The first kappa shape index (κ1) is 6.70. The van der Waals surface area contributed by atoms with Gasteiger partial charge >= 0.3 is 0 Å².